The molecule has 3 rings (SSSR count). The lowest BCUT2D eigenvalue weighted by Crippen LogP contribution is -2.09. The SMILES string of the molecule is c1ccc(C2Nc3ccccc3O2)cc1. The first kappa shape index (κ1) is 8.36. The van der Waals surface area contributed by atoms with Gasteiger partial charge < -0.3 is 10.1 Å². The maximum atomic E-state index is 5.78. The topological polar surface area (TPSA) is 21.3 Å². The Balaban J connectivity index is 1.91. The van der Waals surface area contributed by atoms with Crippen molar-refractivity contribution in [3.8, 4) is 5.75 Å². The fourth-order valence-electron chi connectivity index (χ4n) is 1.77. The van der Waals surface area contributed by atoms with Gasteiger partial charge in [0, 0.05) is 5.56 Å². The molecule has 1 N–H and O–H groups in total. The second-order valence-electron chi connectivity index (χ2n) is 3.55. The number of nitrogens with one attached hydrogen (secondary N) is 1. The Morgan fingerprint density at radius 2 is 1.60 bits per heavy atom. The summed E-state index contributed by atoms with van der Waals surface area (Å²) in [6.07, 6.45) is -0.0522. The summed E-state index contributed by atoms with van der Waals surface area (Å²) in [6.45, 7) is 0. The van der Waals surface area contributed by atoms with Crippen LogP contribution in [0.4, 0.5) is 5.69 Å². The van der Waals surface area contributed by atoms with E-state index in [9.17, 15) is 0 Å². The maximum Gasteiger partial charge on any atom is 0.196 e. The van der Waals surface area contributed by atoms with E-state index >= 15 is 0 Å². The first-order valence-corrected chi connectivity index (χ1v) is 5.01. The highest BCUT2D eigenvalue weighted by atomic mass is 16.5. The Hall–Kier alpha value is -1.96. The van der Waals surface area contributed by atoms with Crippen LogP contribution < -0.4 is 10.1 Å². The molecule has 1 aliphatic rings. The molecule has 0 aliphatic carbocycles. The van der Waals surface area contributed by atoms with Gasteiger partial charge in [-0.05, 0) is 12.1 Å². The predicted octanol–water partition coefficient (Wildman–Crippen LogP) is 3.19. The zero-order valence-corrected chi connectivity index (χ0v) is 8.18. The Bertz CT molecular complexity index is 442. The largest absolute Gasteiger partial charge is 0.464 e. The van der Waals surface area contributed by atoms with Gasteiger partial charge in [0.25, 0.3) is 0 Å². The van der Waals surface area contributed by atoms with Crippen molar-refractivity contribution < 1.29 is 4.74 Å². The summed E-state index contributed by atoms with van der Waals surface area (Å²) < 4.78 is 5.78. The average molecular weight is 197 g/mol. The molecule has 15 heavy (non-hydrogen) atoms. The highest BCUT2D eigenvalue weighted by Crippen LogP contribution is 2.36. The summed E-state index contributed by atoms with van der Waals surface area (Å²) in [6, 6.07) is 18.1. The Labute approximate surface area is 88.5 Å². The van der Waals surface area contributed by atoms with E-state index in [0.717, 1.165) is 17.0 Å². The second kappa shape index (κ2) is 3.31. The minimum absolute atomic E-state index is 0.0522. The molecule has 1 aliphatic heterocycles. The third-order valence-electron chi connectivity index (χ3n) is 2.52. The van der Waals surface area contributed by atoms with Crippen LogP contribution in [-0.2, 0) is 0 Å². The lowest BCUT2D eigenvalue weighted by atomic mass is 10.2. The maximum absolute atomic E-state index is 5.78. The smallest absolute Gasteiger partial charge is 0.196 e. The number of rotatable bonds is 1. The minimum atomic E-state index is -0.0522. The molecule has 2 heteroatoms. The summed E-state index contributed by atoms with van der Waals surface area (Å²) in [7, 11) is 0. The van der Waals surface area contributed by atoms with E-state index in [-0.39, 0.29) is 6.23 Å². The fourth-order valence-corrected chi connectivity index (χ4v) is 1.77. The lowest BCUT2D eigenvalue weighted by molar-refractivity contribution is 0.260. The first-order chi connectivity index (χ1) is 7.43. The fraction of sp³-hybridized carbons (Fsp3) is 0.0769. The van der Waals surface area contributed by atoms with Crippen LogP contribution in [0.3, 0.4) is 0 Å². The molecular weight excluding hydrogens is 186 g/mol. The van der Waals surface area contributed by atoms with Crippen LogP contribution in [0.5, 0.6) is 5.75 Å². The van der Waals surface area contributed by atoms with Crippen molar-refractivity contribution in [3.05, 3.63) is 60.2 Å². The number of benzene rings is 2. The van der Waals surface area contributed by atoms with Crippen molar-refractivity contribution in [2.45, 2.75) is 6.23 Å². The zero-order chi connectivity index (χ0) is 10.1. The van der Waals surface area contributed by atoms with Crippen molar-refractivity contribution in [1.82, 2.24) is 0 Å². The molecule has 2 aromatic carbocycles. The zero-order valence-electron chi connectivity index (χ0n) is 8.18. The lowest BCUT2D eigenvalue weighted by Gasteiger charge is -2.10. The number of ether oxygens (including phenoxy) is 1. The molecule has 0 amide bonds. The van der Waals surface area contributed by atoms with E-state index in [1.807, 2.05) is 42.5 Å². The van der Waals surface area contributed by atoms with E-state index in [1.165, 1.54) is 0 Å². The van der Waals surface area contributed by atoms with Gasteiger partial charge in [-0.25, -0.2) is 0 Å². The van der Waals surface area contributed by atoms with Crippen LogP contribution in [0.15, 0.2) is 54.6 Å². The average Bonchev–Trinajstić information content (AvgIpc) is 2.74. The van der Waals surface area contributed by atoms with Gasteiger partial charge >= 0.3 is 0 Å². The Kier molecular flexibility index (Phi) is 1.85. The quantitative estimate of drug-likeness (QED) is 0.758. The standard InChI is InChI=1S/C13H11NO/c1-2-6-10(7-3-1)13-14-11-8-4-5-9-12(11)15-13/h1-9,13-14H. The number of hydrogen-bond acceptors (Lipinski definition) is 2. The van der Waals surface area contributed by atoms with Crippen LogP contribution in [0, 0.1) is 0 Å². The van der Waals surface area contributed by atoms with Crippen molar-refractivity contribution in [3.63, 3.8) is 0 Å². The van der Waals surface area contributed by atoms with Gasteiger partial charge in [-0.1, -0.05) is 42.5 Å². The van der Waals surface area contributed by atoms with E-state index in [0.29, 0.717) is 0 Å². The molecular formula is C13H11NO. The molecule has 0 saturated carbocycles. The molecule has 0 saturated heterocycles. The molecule has 0 aromatic heterocycles. The molecule has 1 unspecified atom stereocenters. The molecule has 2 aromatic rings. The van der Waals surface area contributed by atoms with Gasteiger partial charge in [0.1, 0.15) is 5.75 Å². The summed E-state index contributed by atoms with van der Waals surface area (Å²) >= 11 is 0. The minimum Gasteiger partial charge on any atom is -0.464 e. The first-order valence-electron chi connectivity index (χ1n) is 5.01. The van der Waals surface area contributed by atoms with Crippen LogP contribution in [0.2, 0.25) is 0 Å². The Morgan fingerprint density at radius 1 is 0.867 bits per heavy atom. The van der Waals surface area contributed by atoms with E-state index in [1.54, 1.807) is 0 Å². The number of para-hydroxylation sites is 2. The van der Waals surface area contributed by atoms with Crippen LogP contribution >= 0.6 is 0 Å². The van der Waals surface area contributed by atoms with Crippen molar-refractivity contribution in [2.75, 3.05) is 5.32 Å². The van der Waals surface area contributed by atoms with Gasteiger partial charge in [-0.2, -0.15) is 0 Å². The summed E-state index contributed by atoms with van der Waals surface area (Å²) in [4.78, 5) is 0. The highest BCUT2D eigenvalue weighted by Gasteiger charge is 2.21. The number of hydrogen-bond donors (Lipinski definition) is 1. The predicted molar refractivity (Wildman–Crippen MR) is 59.9 cm³/mol. The third kappa shape index (κ3) is 1.44. The summed E-state index contributed by atoms with van der Waals surface area (Å²) in [5.41, 5.74) is 2.21. The highest BCUT2D eigenvalue weighted by molar-refractivity contribution is 5.60. The summed E-state index contributed by atoms with van der Waals surface area (Å²) in [5.74, 6) is 0.923. The molecule has 0 radical (unpaired) electrons. The van der Waals surface area contributed by atoms with Crippen LogP contribution in [0.25, 0.3) is 0 Å². The van der Waals surface area contributed by atoms with Crippen LogP contribution in [-0.4, -0.2) is 0 Å². The molecule has 2 nitrogen and oxygen atoms in total. The van der Waals surface area contributed by atoms with E-state index in [4.69, 9.17) is 4.74 Å². The van der Waals surface area contributed by atoms with Crippen molar-refractivity contribution in [2.24, 2.45) is 0 Å². The van der Waals surface area contributed by atoms with Gasteiger partial charge in [0.2, 0.25) is 0 Å². The van der Waals surface area contributed by atoms with Gasteiger partial charge in [-0.3, -0.25) is 0 Å². The summed E-state index contributed by atoms with van der Waals surface area (Å²) in [5, 5.41) is 3.33. The van der Waals surface area contributed by atoms with Gasteiger partial charge in [-0.15, -0.1) is 0 Å². The molecule has 0 fully saturated rings. The normalized spacial score (nSPS) is 17.7. The monoisotopic (exact) mass is 197 g/mol. The molecule has 0 bridgehead atoms. The second-order valence-corrected chi connectivity index (χ2v) is 3.55. The van der Waals surface area contributed by atoms with Gasteiger partial charge in [0.15, 0.2) is 6.23 Å². The van der Waals surface area contributed by atoms with Crippen molar-refractivity contribution >= 4 is 5.69 Å². The van der Waals surface area contributed by atoms with E-state index in [2.05, 4.69) is 17.4 Å². The molecule has 1 atom stereocenters. The molecule has 74 valence electrons. The van der Waals surface area contributed by atoms with Crippen LogP contribution in [0.1, 0.15) is 11.8 Å². The Morgan fingerprint density at radius 3 is 2.40 bits per heavy atom. The van der Waals surface area contributed by atoms with Crippen molar-refractivity contribution in [1.29, 1.82) is 0 Å². The molecule has 0 spiro atoms. The number of anilines is 1. The van der Waals surface area contributed by atoms with E-state index < -0.39 is 0 Å². The third-order valence-corrected chi connectivity index (χ3v) is 2.52. The van der Waals surface area contributed by atoms with Gasteiger partial charge in [0.05, 0.1) is 5.69 Å². The number of fused-ring (bicyclic) bond motifs is 1. The molecule has 1 heterocycles.